The summed E-state index contributed by atoms with van der Waals surface area (Å²) in [5, 5.41) is 3.44. The zero-order valence-electron chi connectivity index (χ0n) is 10.0. The van der Waals surface area contributed by atoms with Crippen LogP contribution in [0.25, 0.3) is 11.1 Å². The van der Waals surface area contributed by atoms with Crippen LogP contribution in [0.3, 0.4) is 0 Å². The minimum atomic E-state index is -0.393. The third kappa shape index (κ3) is 3.25. The Kier molecular flexibility index (Phi) is 4.08. The summed E-state index contributed by atoms with van der Waals surface area (Å²) in [5.74, 6) is -0.622. The topological polar surface area (TPSA) is 29.1 Å². The molecule has 0 bridgehead atoms. The van der Waals surface area contributed by atoms with Crippen LogP contribution < -0.4 is 5.32 Å². The predicted octanol–water partition coefficient (Wildman–Crippen LogP) is 4.76. The van der Waals surface area contributed by atoms with Crippen LogP contribution in [-0.4, -0.2) is 5.91 Å². The van der Waals surface area contributed by atoms with Crippen LogP contribution >= 0.6 is 23.2 Å². The fourth-order valence-electron chi connectivity index (χ4n) is 1.72. The Morgan fingerprint density at radius 3 is 2.47 bits per heavy atom. The largest absolute Gasteiger partial charge is 0.326 e. The molecule has 2 rings (SSSR count). The molecule has 98 valence electrons. The van der Waals surface area contributed by atoms with Gasteiger partial charge in [0.1, 0.15) is 5.82 Å². The summed E-state index contributed by atoms with van der Waals surface area (Å²) in [4.78, 5) is 11.2. The first kappa shape index (κ1) is 13.8. The van der Waals surface area contributed by atoms with Gasteiger partial charge in [0, 0.05) is 18.2 Å². The lowest BCUT2D eigenvalue weighted by Crippen LogP contribution is -2.07. The van der Waals surface area contributed by atoms with E-state index in [9.17, 15) is 9.18 Å². The van der Waals surface area contributed by atoms with Gasteiger partial charge in [0.15, 0.2) is 0 Å². The van der Waals surface area contributed by atoms with Gasteiger partial charge in [0.25, 0.3) is 0 Å². The Balaban J connectivity index is 2.55. The fourth-order valence-corrected chi connectivity index (χ4v) is 2.02. The lowest BCUT2D eigenvalue weighted by molar-refractivity contribution is -0.114. The van der Waals surface area contributed by atoms with E-state index >= 15 is 0 Å². The molecule has 2 aromatic carbocycles. The van der Waals surface area contributed by atoms with Crippen LogP contribution in [0.4, 0.5) is 10.1 Å². The van der Waals surface area contributed by atoms with E-state index < -0.39 is 5.82 Å². The number of hydrogen-bond donors (Lipinski definition) is 1. The Bertz CT molecular complexity index is 643. The Morgan fingerprint density at radius 2 is 1.84 bits per heavy atom. The van der Waals surface area contributed by atoms with Crippen molar-refractivity contribution in [3.05, 3.63) is 52.3 Å². The average molecular weight is 298 g/mol. The van der Waals surface area contributed by atoms with Crippen molar-refractivity contribution in [2.75, 3.05) is 5.32 Å². The van der Waals surface area contributed by atoms with E-state index in [2.05, 4.69) is 5.32 Å². The minimum absolute atomic E-state index is 0.229. The first-order valence-corrected chi connectivity index (χ1v) is 6.25. The van der Waals surface area contributed by atoms with Crippen molar-refractivity contribution in [3.8, 4) is 11.1 Å². The number of hydrogen-bond acceptors (Lipinski definition) is 1. The lowest BCUT2D eigenvalue weighted by atomic mass is 10.0. The summed E-state index contributed by atoms with van der Waals surface area (Å²) in [5.41, 5.74) is 1.75. The SMILES string of the molecule is CC(=O)Nc1ccc(F)cc1-c1ccc(Cl)c(Cl)c1. The monoisotopic (exact) mass is 297 g/mol. The Hall–Kier alpha value is -1.58. The number of anilines is 1. The third-order valence-corrected chi connectivity index (χ3v) is 3.26. The second kappa shape index (κ2) is 5.59. The van der Waals surface area contributed by atoms with Crippen LogP contribution in [0.2, 0.25) is 10.0 Å². The molecule has 0 radical (unpaired) electrons. The smallest absolute Gasteiger partial charge is 0.221 e. The van der Waals surface area contributed by atoms with Gasteiger partial charge in [0.05, 0.1) is 10.0 Å². The molecular weight excluding hydrogens is 288 g/mol. The van der Waals surface area contributed by atoms with E-state index in [0.29, 0.717) is 26.9 Å². The molecule has 0 unspecified atom stereocenters. The van der Waals surface area contributed by atoms with Gasteiger partial charge >= 0.3 is 0 Å². The van der Waals surface area contributed by atoms with Gasteiger partial charge in [-0.1, -0.05) is 29.3 Å². The summed E-state index contributed by atoms with van der Waals surface area (Å²) in [6.45, 7) is 1.39. The number of benzene rings is 2. The van der Waals surface area contributed by atoms with E-state index in [1.165, 1.54) is 25.1 Å². The van der Waals surface area contributed by atoms with E-state index in [4.69, 9.17) is 23.2 Å². The van der Waals surface area contributed by atoms with Gasteiger partial charge in [-0.25, -0.2) is 4.39 Å². The molecule has 19 heavy (non-hydrogen) atoms. The van der Waals surface area contributed by atoms with Crippen molar-refractivity contribution >= 4 is 34.8 Å². The second-order valence-electron chi connectivity index (χ2n) is 4.00. The molecule has 1 N–H and O–H groups in total. The summed E-state index contributed by atoms with van der Waals surface area (Å²) < 4.78 is 13.4. The Labute approximate surface area is 120 Å². The molecule has 0 aliphatic carbocycles. The number of halogens is 3. The van der Waals surface area contributed by atoms with Crippen LogP contribution in [-0.2, 0) is 4.79 Å². The van der Waals surface area contributed by atoms with Crippen LogP contribution in [0, 0.1) is 5.82 Å². The van der Waals surface area contributed by atoms with E-state index in [0.717, 1.165) is 0 Å². The van der Waals surface area contributed by atoms with Crippen LogP contribution in [0.1, 0.15) is 6.92 Å². The molecule has 0 atom stereocenters. The molecule has 1 amide bonds. The zero-order valence-corrected chi connectivity index (χ0v) is 11.5. The third-order valence-electron chi connectivity index (χ3n) is 2.52. The molecule has 0 aliphatic rings. The van der Waals surface area contributed by atoms with Crippen molar-refractivity contribution in [3.63, 3.8) is 0 Å². The summed E-state index contributed by atoms with van der Waals surface area (Å²) >= 11 is 11.8. The molecule has 0 spiro atoms. The number of nitrogens with one attached hydrogen (secondary N) is 1. The van der Waals surface area contributed by atoms with Crippen molar-refractivity contribution < 1.29 is 9.18 Å². The van der Waals surface area contributed by atoms with Gasteiger partial charge < -0.3 is 5.32 Å². The quantitative estimate of drug-likeness (QED) is 0.851. The summed E-state index contributed by atoms with van der Waals surface area (Å²) in [7, 11) is 0. The van der Waals surface area contributed by atoms with Crippen LogP contribution in [0.15, 0.2) is 36.4 Å². The number of carbonyl (C=O) groups excluding carboxylic acids is 1. The first-order valence-electron chi connectivity index (χ1n) is 5.50. The maximum Gasteiger partial charge on any atom is 0.221 e. The predicted molar refractivity (Wildman–Crippen MR) is 76.2 cm³/mol. The first-order chi connectivity index (χ1) is 8.97. The highest BCUT2D eigenvalue weighted by atomic mass is 35.5. The highest BCUT2D eigenvalue weighted by Gasteiger charge is 2.09. The summed E-state index contributed by atoms with van der Waals surface area (Å²) in [6.07, 6.45) is 0. The maximum absolute atomic E-state index is 13.4. The zero-order chi connectivity index (χ0) is 14.0. The van der Waals surface area contributed by atoms with Gasteiger partial charge in [-0.2, -0.15) is 0 Å². The van der Waals surface area contributed by atoms with Gasteiger partial charge in [-0.15, -0.1) is 0 Å². The number of amides is 1. The van der Waals surface area contributed by atoms with Crippen molar-refractivity contribution in [1.82, 2.24) is 0 Å². The second-order valence-corrected chi connectivity index (χ2v) is 4.81. The van der Waals surface area contributed by atoms with Gasteiger partial charge in [0.2, 0.25) is 5.91 Å². The Morgan fingerprint density at radius 1 is 1.11 bits per heavy atom. The van der Waals surface area contributed by atoms with Crippen molar-refractivity contribution in [1.29, 1.82) is 0 Å². The maximum atomic E-state index is 13.4. The van der Waals surface area contributed by atoms with E-state index in [1.54, 1.807) is 18.2 Å². The number of carbonyl (C=O) groups is 1. The molecule has 2 nitrogen and oxygen atoms in total. The standard InChI is InChI=1S/C14H10Cl2FNO/c1-8(19)18-14-5-3-10(17)7-11(14)9-2-4-12(15)13(16)6-9/h2-7H,1H3,(H,18,19). The molecule has 0 fully saturated rings. The van der Waals surface area contributed by atoms with Crippen molar-refractivity contribution in [2.45, 2.75) is 6.92 Å². The van der Waals surface area contributed by atoms with E-state index in [-0.39, 0.29) is 5.91 Å². The highest BCUT2D eigenvalue weighted by molar-refractivity contribution is 6.42. The van der Waals surface area contributed by atoms with E-state index in [1.807, 2.05) is 0 Å². The molecule has 2 aromatic rings. The summed E-state index contributed by atoms with van der Waals surface area (Å²) in [6, 6.07) is 9.10. The normalized spacial score (nSPS) is 10.3. The van der Waals surface area contributed by atoms with Gasteiger partial charge in [-0.05, 0) is 35.9 Å². The molecular formula is C14H10Cl2FNO. The van der Waals surface area contributed by atoms with Crippen molar-refractivity contribution in [2.24, 2.45) is 0 Å². The number of rotatable bonds is 2. The van der Waals surface area contributed by atoms with Crippen LogP contribution in [0.5, 0.6) is 0 Å². The molecule has 5 heteroatoms. The molecule has 0 aromatic heterocycles. The highest BCUT2D eigenvalue weighted by Crippen LogP contribution is 2.33. The molecule has 0 aliphatic heterocycles. The average Bonchev–Trinajstić information content (AvgIpc) is 2.34. The fraction of sp³-hybridized carbons (Fsp3) is 0.0714. The minimum Gasteiger partial charge on any atom is -0.326 e. The molecule has 0 heterocycles. The molecule has 0 saturated heterocycles. The lowest BCUT2D eigenvalue weighted by Gasteiger charge is -2.11. The molecule has 0 saturated carbocycles. The van der Waals surface area contributed by atoms with Gasteiger partial charge in [-0.3, -0.25) is 4.79 Å².